The third kappa shape index (κ3) is 7.21. The summed E-state index contributed by atoms with van der Waals surface area (Å²) in [6.45, 7) is 14.7. The van der Waals surface area contributed by atoms with E-state index in [0.717, 1.165) is 62.9 Å². The van der Waals surface area contributed by atoms with Crippen LogP contribution in [-0.2, 0) is 13.0 Å². The standard InChI is InChI=1S/C47H59N9O2S/c1-31-33-13-11-22-55(41(33)53-52-40(31)51-43-49-36-14-7-8-15-37(36)59-43)38-17-16-34(39(50-38)42(57)58)35-23-48-56(32(35)2)30-47-27-44(3)24-45(4,28-47)26-46(25-44,29-47)18-12-21-54-19-9-5-6-10-20-54/h7-8,14-17,23H,5-6,9-13,18-22,24-30H2,1-4H3,(H,57,58)(H,49,51,52). The van der Waals surface area contributed by atoms with Crippen LogP contribution in [0, 0.1) is 35.5 Å². The third-order valence-electron chi connectivity index (χ3n) is 14.8. The van der Waals surface area contributed by atoms with Crippen LogP contribution in [0.3, 0.4) is 0 Å². The van der Waals surface area contributed by atoms with E-state index in [1.165, 1.54) is 96.7 Å². The van der Waals surface area contributed by atoms with Crippen molar-refractivity contribution < 1.29 is 9.90 Å². The number of pyridine rings is 1. The van der Waals surface area contributed by atoms with E-state index in [1.807, 2.05) is 41.4 Å². The number of nitrogens with zero attached hydrogens (tertiary/aromatic N) is 8. The Morgan fingerprint density at radius 1 is 0.847 bits per heavy atom. The maximum Gasteiger partial charge on any atom is 0.355 e. The van der Waals surface area contributed by atoms with Gasteiger partial charge < -0.3 is 20.2 Å². The van der Waals surface area contributed by atoms with Crippen LogP contribution in [0.15, 0.2) is 42.6 Å². The fourth-order valence-corrected chi connectivity index (χ4v) is 14.6. The number of carboxylic acid groups (broad SMARTS) is 1. The molecule has 4 aromatic heterocycles. The molecule has 2 aliphatic heterocycles. The van der Waals surface area contributed by atoms with Crippen molar-refractivity contribution in [2.45, 2.75) is 124 Å². The van der Waals surface area contributed by atoms with Crippen molar-refractivity contribution in [1.82, 2.24) is 34.8 Å². The second-order valence-corrected chi connectivity index (χ2v) is 21.1. The predicted molar refractivity (Wildman–Crippen MR) is 235 cm³/mol. The number of hydrogen-bond donors (Lipinski definition) is 2. The summed E-state index contributed by atoms with van der Waals surface area (Å²) in [6.07, 6.45) is 19.7. The normalized spacial score (nSPS) is 27.9. The molecule has 59 heavy (non-hydrogen) atoms. The average molecular weight is 814 g/mol. The lowest BCUT2D eigenvalue weighted by Crippen LogP contribution is -2.60. The monoisotopic (exact) mass is 813 g/mol. The number of rotatable bonds is 11. The highest BCUT2D eigenvalue weighted by atomic mass is 32.1. The molecule has 310 valence electrons. The summed E-state index contributed by atoms with van der Waals surface area (Å²) in [7, 11) is 0. The van der Waals surface area contributed by atoms with Crippen molar-refractivity contribution in [2.75, 3.05) is 36.4 Å². The Kier molecular flexibility index (Phi) is 9.62. The largest absolute Gasteiger partial charge is 0.476 e. The number of carboxylic acids is 1. The Balaban J connectivity index is 0.893. The molecule has 4 bridgehead atoms. The van der Waals surface area contributed by atoms with Crippen LogP contribution in [-0.4, -0.2) is 72.1 Å². The van der Waals surface area contributed by atoms with Crippen molar-refractivity contribution in [3.8, 4) is 11.1 Å². The molecule has 11 nitrogen and oxygen atoms in total. The van der Waals surface area contributed by atoms with Crippen molar-refractivity contribution in [3.05, 3.63) is 65.1 Å². The molecule has 4 saturated carbocycles. The van der Waals surface area contributed by atoms with Gasteiger partial charge in [0.1, 0.15) is 5.82 Å². The molecule has 2 unspecified atom stereocenters. The van der Waals surface area contributed by atoms with E-state index in [0.29, 0.717) is 40.0 Å². The fraction of sp³-hybridized carbons (Fsp3) is 0.574. The molecule has 5 aromatic rings. The van der Waals surface area contributed by atoms with E-state index in [2.05, 4.69) is 53.8 Å². The lowest BCUT2D eigenvalue weighted by molar-refractivity contribution is -0.198. The molecule has 0 spiro atoms. The summed E-state index contributed by atoms with van der Waals surface area (Å²) >= 11 is 1.59. The van der Waals surface area contributed by atoms with Gasteiger partial charge in [-0.25, -0.2) is 14.8 Å². The smallest absolute Gasteiger partial charge is 0.355 e. The van der Waals surface area contributed by atoms with Gasteiger partial charge in [0.2, 0.25) is 0 Å². The molecule has 4 aliphatic carbocycles. The van der Waals surface area contributed by atoms with Crippen LogP contribution in [0.1, 0.15) is 125 Å². The first-order valence-electron chi connectivity index (χ1n) is 22.2. The van der Waals surface area contributed by atoms with Gasteiger partial charge >= 0.3 is 5.97 Å². The molecular weight excluding hydrogens is 755 g/mol. The maximum absolute atomic E-state index is 13.0. The zero-order valence-corrected chi connectivity index (χ0v) is 36.1. The molecule has 5 fully saturated rings. The first-order chi connectivity index (χ1) is 28.4. The number of aromatic nitrogens is 6. The summed E-state index contributed by atoms with van der Waals surface area (Å²) in [4.78, 5) is 27.3. The molecular formula is C47H59N9O2S. The number of benzene rings is 1. The van der Waals surface area contributed by atoms with Crippen LogP contribution >= 0.6 is 11.3 Å². The first kappa shape index (κ1) is 38.8. The molecule has 6 heterocycles. The molecule has 12 heteroatoms. The zero-order chi connectivity index (χ0) is 40.6. The first-order valence-corrected chi connectivity index (χ1v) is 23.0. The Hall–Kier alpha value is -4.42. The second kappa shape index (κ2) is 14.6. The Labute approximate surface area is 352 Å². The van der Waals surface area contributed by atoms with Gasteiger partial charge in [0.05, 0.1) is 16.4 Å². The van der Waals surface area contributed by atoms with Crippen molar-refractivity contribution >= 4 is 50.1 Å². The average Bonchev–Trinajstić information content (AvgIpc) is 3.65. The van der Waals surface area contributed by atoms with E-state index < -0.39 is 5.97 Å². The number of aromatic carboxylic acids is 1. The van der Waals surface area contributed by atoms with Crippen LogP contribution in [0.4, 0.5) is 22.6 Å². The van der Waals surface area contributed by atoms with Crippen LogP contribution in [0.2, 0.25) is 0 Å². The quantitative estimate of drug-likeness (QED) is 0.133. The number of hydrogen-bond acceptors (Lipinski definition) is 10. The summed E-state index contributed by atoms with van der Waals surface area (Å²) in [5.74, 6) is 0.922. The molecule has 2 atom stereocenters. The van der Waals surface area contributed by atoms with Crippen LogP contribution in [0.25, 0.3) is 21.3 Å². The number of nitrogens with one attached hydrogen (secondary N) is 1. The highest BCUT2D eigenvalue weighted by Crippen LogP contribution is 2.75. The highest BCUT2D eigenvalue weighted by molar-refractivity contribution is 7.22. The molecule has 0 amide bonds. The van der Waals surface area contributed by atoms with Crippen molar-refractivity contribution in [2.24, 2.45) is 21.7 Å². The van der Waals surface area contributed by atoms with E-state index >= 15 is 0 Å². The number of carbonyl (C=O) groups is 1. The van der Waals surface area contributed by atoms with Gasteiger partial charge in [-0.05, 0) is 156 Å². The highest BCUT2D eigenvalue weighted by Gasteiger charge is 2.65. The van der Waals surface area contributed by atoms with E-state index in [-0.39, 0.29) is 11.1 Å². The fourth-order valence-electron chi connectivity index (χ4n) is 13.8. The molecule has 1 saturated heterocycles. The Bertz CT molecular complexity index is 2360. The van der Waals surface area contributed by atoms with E-state index in [4.69, 9.17) is 20.2 Å². The van der Waals surface area contributed by atoms with Gasteiger partial charge in [-0.1, -0.05) is 50.2 Å². The molecule has 1 aromatic carbocycles. The number of thiazole rings is 1. The van der Waals surface area contributed by atoms with E-state index in [9.17, 15) is 9.90 Å². The van der Waals surface area contributed by atoms with Crippen LogP contribution < -0.4 is 10.2 Å². The van der Waals surface area contributed by atoms with Gasteiger partial charge in [-0.15, -0.1) is 10.2 Å². The van der Waals surface area contributed by atoms with Crippen molar-refractivity contribution in [1.29, 1.82) is 0 Å². The topological polar surface area (TPSA) is 125 Å². The second-order valence-electron chi connectivity index (χ2n) is 20.1. The number of likely N-dealkylation sites (tertiary alicyclic amines) is 1. The minimum Gasteiger partial charge on any atom is -0.476 e. The SMILES string of the molecule is Cc1c(Nc2nc3ccccc3s2)nnc2c1CCCN2c1ccc(-c2cnn(CC34CC5(C)CC(C)(CC(CCCN6CCCCCC6)(C5)C3)C4)c2C)c(C(=O)O)n1. The van der Waals surface area contributed by atoms with Crippen molar-refractivity contribution in [3.63, 3.8) is 0 Å². The molecule has 6 aliphatic rings. The van der Waals surface area contributed by atoms with Gasteiger partial charge in [-0.3, -0.25) is 4.68 Å². The summed E-state index contributed by atoms with van der Waals surface area (Å²) in [5, 5.41) is 29.1. The zero-order valence-electron chi connectivity index (χ0n) is 35.3. The molecule has 2 N–H and O–H groups in total. The molecule has 11 rings (SSSR count). The number of fused-ring (bicyclic) bond motifs is 2. The van der Waals surface area contributed by atoms with Gasteiger partial charge in [-0.2, -0.15) is 5.10 Å². The van der Waals surface area contributed by atoms with Gasteiger partial charge in [0.25, 0.3) is 0 Å². The number of anilines is 4. The summed E-state index contributed by atoms with van der Waals surface area (Å²) < 4.78 is 3.32. The number of para-hydroxylation sites is 1. The molecule has 0 radical (unpaired) electrons. The minimum absolute atomic E-state index is 0.0364. The summed E-state index contributed by atoms with van der Waals surface area (Å²) in [6, 6.07) is 11.9. The maximum atomic E-state index is 13.0. The lowest BCUT2D eigenvalue weighted by atomic mass is 9.35. The minimum atomic E-state index is -1.05. The summed E-state index contributed by atoms with van der Waals surface area (Å²) in [5.41, 5.74) is 6.91. The lowest BCUT2D eigenvalue weighted by Gasteiger charge is -2.70. The van der Waals surface area contributed by atoms with E-state index in [1.54, 1.807) is 11.3 Å². The van der Waals surface area contributed by atoms with Crippen LogP contribution in [0.5, 0.6) is 0 Å². The Morgan fingerprint density at radius 2 is 1.61 bits per heavy atom. The Morgan fingerprint density at radius 3 is 2.37 bits per heavy atom. The van der Waals surface area contributed by atoms with Gasteiger partial charge in [0, 0.05) is 41.0 Å². The third-order valence-corrected chi connectivity index (χ3v) is 15.8. The predicted octanol–water partition coefficient (Wildman–Crippen LogP) is 10.5. The van der Waals surface area contributed by atoms with Gasteiger partial charge in [0.15, 0.2) is 22.5 Å².